The number of ketones is 1. The number of rotatable bonds is 7. The van der Waals surface area contributed by atoms with Crippen LogP contribution in [0.2, 0.25) is 0 Å². The first-order valence-corrected chi connectivity index (χ1v) is 11.0. The van der Waals surface area contributed by atoms with Crippen LogP contribution in [0.1, 0.15) is 40.5 Å². The summed E-state index contributed by atoms with van der Waals surface area (Å²) in [6, 6.07) is 11.2. The van der Waals surface area contributed by atoms with Gasteiger partial charge in [0.15, 0.2) is 5.78 Å². The standard InChI is InChI=1S/C25H23N3O7/c1-15-9-10-20-21(11-15)25(32)27(24(20)31)26(14-22(29)16-5-4-8-19(13-16)35-2)23(30)17-6-3-7-18(12-17)28(33)34/h3-9,12-13,20-21H,10-11,14H2,1-2H3/t20-,21-/m1/s1. The predicted octanol–water partition coefficient (Wildman–Crippen LogP) is 3.18. The Balaban J connectivity index is 1.72. The topological polar surface area (TPSA) is 127 Å². The molecule has 3 amide bonds. The van der Waals surface area contributed by atoms with Gasteiger partial charge in [-0.25, -0.2) is 5.01 Å². The van der Waals surface area contributed by atoms with Crippen molar-refractivity contribution in [1.82, 2.24) is 10.0 Å². The van der Waals surface area contributed by atoms with Crippen LogP contribution in [-0.4, -0.2) is 52.1 Å². The Morgan fingerprint density at radius 1 is 1.09 bits per heavy atom. The van der Waals surface area contributed by atoms with E-state index in [9.17, 15) is 29.3 Å². The molecule has 4 rings (SSSR count). The minimum atomic E-state index is -0.866. The zero-order valence-electron chi connectivity index (χ0n) is 19.2. The van der Waals surface area contributed by atoms with Crippen LogP contribution in [-0.2, 0) is 9.59 Å². The number of allylic oxidation sites excluding steroid dienone is 2. The lowest BCUT2D eigenvalue weighted by molar-refractivity contribution is -0.384. The molecule has 1 aliphatic heterocycles. The first-order valence-electron chi connectivity index (χ1n) is 11.0. The number of carbonyl (C=O) groups is 4. The highest BCUT2D eigenvalue weighted by molar-refractivity contribution is 6.10. The number of nitro groups is 1. The minimum absolute atomic E-state index is 0.123. The maximum Gasteiger partial charge on any atom is 0.273 e. The number of hydrogen-bond donors (Lipinski definition) is 0. The number of methoxy groups -OCH3 is 1. The third kappa shape index (κ3) is 4.54. The molecule has 10 heteroatoms. The fourth-order valence-electron chi connectivity index (χ4n) is 4.42. The van der Waals surface area contributed by atoms with Crippen molar-refractivity contribution < 1.29 is 28.8 Å². The number of hydrazine groups is 1. The number of nitro benzene ring substituents is 1. The van der Waals surface area contributed by atoms with Crippen LogP contribution in [0.4, 0.5) is 5.69 Å². The van der Waals surface area contributed by atoms with Crippen molar-refractivity contribution in [1.29, 1.82) is 0 Å². The van der Waals surface area contributed by atoms with Gasteiger partial charge in [0.2, 0.25) is 0 Å². The summed E-state index contributed by atoms with van der Waals surface area (Å²) in [5.74, 6) is -3.36. The summed E-state index contributed by atoms with van der Waals surface area (Å²) < 4.78 is 5.15. The Morgan fingerprint density at radius 3 is 2.49 bits per heavy atom. The van der Waals surface area contributed by atoms with E-state index in [1.807, 2.05) is 13.0 Å². The first-order chi connectivity index (χ1) is 16.7. The number of non-ortho nitro benzene ring substituents is 1. The van der Waals surface area contributed by atoms with Gasteiger partial charge >= 0.3 is 0 Å². The molecule has 0 unspecified atom stereocenters. The van der Waals surface area contributed by atoms with Gasteiger partial charge in [0, 0.05) is 23.3 Å². The normalized spacial score (nSPS) is 19.1. The molecule has 2 atom stereocenters. The number of benzene rings is 2. The molecule has 2 aliphatic rings. The Labute approximate surface area is 200 Å². The Hall–Kier alpha value is -4.34. The molecular weight excluding hydrogens is 454 g/mol. The summed E-state index contributed by atoms with van der Waals surface area (Å²) >= 11 is 0. The van der Waals surface area contributed by atoms with E-state index in [4.69, 9.17) is 4.74 Å². The molecule has 2 aromatic carbocycles. The molecule has 10 nitrogen and oxygen atoms in total. The molecule has 180 valence electrons. The van der Waals surface area contributed by atoms with Gasteiger partial charge in [-0.1, -0.05) is 29.8 Å². The van der Waals surface area contributed by atoms with Crippen LogP contribution >= 0.6 is 0 Å². The number of carbonyl (C=O) groups excluding carboxylic acids is 4. The molecule has 0 spiro atoms. The van der Waals surface area contributed by atoms with Crippen LogP contribution in [0.5, 0.6) is 5.75 Å². The number of nitrogens with zero attached hydrogens (tertiary/aromatic N) is 3. The molecule has 35 heavy (non-hydrogen) atoms. The third-order valence-corrected chi connectivity index (χ3v) is 6.26. The maximum absolute atomic E-state index is 13.5. The van der Waals surface area contributed by atoms with Crippen molar-refractivity contribution in [2.45, 2.75) is 19.8 Å². The van der Waals surface area contributed by atoms with Crippen molar-refractivity contribution in [3.05, 3.63) is 81.4 Å². The van der Waals surface area contributed by atoms with Crippen LogP contribution in [0, 0.1) is 22.0 Å². The summed E-state index contributed by atoms with van der Waals surface area (Å²) in [7, 11) is 1.45. The van der Waals surface area contributed by atoms with Crippen molar-refractivity contribution in [3.63, 3.8) is 0 Å². The summed E-state index contributed by atoms with van der Waals surface area (Å²) in [5, 5.41) is 12.8. The van der Waals surface area contributed by atoms with Gasteiger partial charge in [0.25, 0.3) is 23.4 Å². The van der Waals surface area contributed by atoms with E-state index in [0.717, 1.165) is 21.7 Å². The maximum atomic E-state index is 13.5. The van der Waals surface area contributed by atoms with Gasteiger partial charge in [-0.3, -0.25) is 29.3 Å². The summed E-state index contributed by atoms with van der Waals surface area (Å²) in [6.45, 7) is 1.26. The minimum Gasteiger partial charge on any atom is -0.497 e. The highest BCUT2D eigenvalue weighted by Crippen LogP contribution is 2.38. The molecule has 0 radical (unpaired) electrons. The van der Waals surface area contributed by atoms with Crippen LogP contribution in [0.15, 0.2) is 60.2 Å². The molecule has 2 aromatic rings. The first kappa shape index (κ1) is 23.8. The zero-order chi connectivity index (χ0) is 25.3. The number of ether oxygens (including phenoxy) is 1. The second-order valence-corrected chi connectivity index (χ2v) is 8.52. The molecule has 1 fully saturated rings. The van der Waals surface area contributed by atoms with Crippen molar-refractivity contribution >= 4 is 29.2 Å². The molecule has 1 aliphatic carbocycles. The third-order valence-electron chi connectivity index (χ3n) is 6.26. The van der Waals surface area contributed by atoms with Crippen LogP contribution < -0.4 is 4.74 Å². The fraction of sp³-hybridized carbons (Fsp3) is 0.280. The monoisotopic (exact) mass is 477 g/mol. The van der Waals surface area contributed by atoms with E-state index < -0.39 is 46.8 Å². The molecular formula is C25H23N3O7. The molecule has 0 bridgehead atoms. The van der Waals surface area contributed by atoms with Gasteiger partial charge in [-0.2, -0.15) is 5.01 Å². The Morgan fingerprint density at radius 2 is 1.77 bits per heavy atom. The SMILES string of the molecule is COc1cccc(C(=O)CN(C(=O)c2cccc([N+](=O)[O-])c2)N2C(=O)[C@@H]3CC=C(C)C[C@H]3C2=O)c1. The molecule has 1 heterocycles. The number of hydrogen-bond acceptors (Lipinski definition) is 7. The number of amides is 3. The van der Waals surface area contributed by atoms with Crippen molar-refractivity contribution in [3.8, 4) is 5.75 Å². The van der Waals surface area contributed by atoms with Gasteiger partial charge in [0.1, 0.15) is 12.3 Å². The molecule has 1 saturated heterocycles. The van der Waals surface area contributed by atoms with Gasteiger partial charge in [-0.15, -0.1) is 0 Å². The lowest BCUT2D eigenvalue weighted by Crippen LogP contribution is -2.52. The van der Waals surface area contributed by atoms with Crippen molar-refractivity contribution in [2.24, 2.45) is 11.8 Å². The molecule has 0 aromatic heterocycles. The van der Waals surface area contributed by atoms with Gasteiger partial charge < -0.3 is 4.74 Å². The van der Waals surface area contributed by atoms with E-state index in [1.54, 1.807) is 12.1 Å². The second-order valence-electron chi connectivity index (χ2n) is 8.52. The zero-order valence-corrected chi connectivity index (χ0v) is 19.2. The van der Waals surface area contributed by atoms with E-state index in [-0.39, 0.29) is 16.8 Å². The lowest BCUT2D eigenvalue weighted by atomic mass is 9.82. The quantitative estimate of drug-likeness (QED) is 0.197. The summed E-state index contributed by atoms with van der Waals surface area (Å²) in [4.78, 5) is 63.8. The van der Waals surface area contributed by atoms with E-state index >= 15 is 0 Å². The number of Topliss-reactive ketones (excluding diaryl/α,β-unsaturated/α-hetero) is 1. The van der Waals surface area contributed by atoms with E-state index in [2.05, 4.69) is 0 Å². The van der Waals surface area contributed by atoms with Crippen LogP contribution in [0.3, 0.4) is 0 Å². The molecule has 0 saturated carbocycles. The summed E-state index contributed by atoms with van der Waals surface area (Å²) in [6.07, 6.45) is 2.64. The average Bonchev–Trinajstić information content (AvgIpc) is 3.10. The van der Waals surface area contributed by atoms with E-state index in [0.29, 0.717) is 18.6 Å². The van der Waals surface area contributed by atoms with Crippen LogP contribution in [0.25, 0.3) is 0 Å². The largest absolute Gasteiger partial charge is 0.497 e. The smallest absolute Gasteiger partial charge is 0.273 e. The second kappa shape index (κ2) is 9.49. The number of imide groups is 1. The highest BCUT2D eigenvalue weighted by atomic mass is 16.6. The fourth-order valence-corrected chi connectivity index (χ4v) is 4.42. The predicted molar refractivity (Wildman–Crippen MR) is 123 cm³/mol. The molecule has 0 N–H and O–H groups in total. The highest BCUT2D eigenvalue weighted by Gasteiger charge is 2.51. The van der Waals surface area contributed by atoms with E-state index in [1.165, 1.54) is 37.4 Å². The van der Waals surface area contributed by atoms with Gasteiger partial charge in [0.05, 0.1) is 23.9 Å². The lowest BCUT2D eigenvalue weighted by Gasteiger charge is -2.30. The Kier molecular flexibility index (Phi) is 6.46. The van der Waals surface area contributed by atoms with Crippen molar-refractivity contribution in [2.75, 3.05) is 13.7 Å². The van der Waals surface area contributed by atoms with Gasteiger partial charge in [-0.05, 0) is 38.0 Å². The Bertz CT molecular complexity index is 1270. The average molecular weight is 477 g/mol. The number of fused-ring (bicyclic) bond motifs is 1. The summed E-state index contributed by atoms with van der Waals surface area (Å²) in [5.41, 5.74) is 0.735.